The smallest absolute Gasteiger partial charge is 0.325 e. The van der Waals surface area contributed by atoms with Crippen molar-refractivity contribution in [1.29, 1.82) is 0 Å². The summed E-state index contributed by atoms with van der Waals surface area (Å²) in [6, 6.07) is 4.08. The quantitative estimate of drug-likeness (QED) is 0.445. The van der Waals surface area contributed by atoms with Crippen LogP contribution in [0.15, 0.2) is 18.2 Å². The van der Waals surface area contributed by atoms with Gasteiger partial charge < -0.3 is 14.4 Å². The fourth-order valence-corrected chi connectivity index (χ4v) is 1.76. The van der Waals surface area contributed by atoms with E-state index in [0.717, 1.165) is 4.90 Å². The molecule has 8 nitrogen and oxygen atoms in total. The molecule has 1 aromatic carbocycles. The summed E-state index contributed by atoms with van der Waals surface area (Å²) in [5, 5.41) is 11.1. The van der Waals surface area contributed by atoms with Gasteiger partial charge in [0.1, 0.15) is 12.3 Å². The summed E-state index contributed by atoms with van der Waals surface area (Å²) in [6.07, 6.45) is 0. The number of nitrogens with zero attached hydrogens (tertiary/aromatic N) is 2. The number of esters is 1. The van der Waals surface area contributed by atoms with Crippen molar-refractivity contribution in [3.63, 3.8) is 0 Å². The van der Waals surface area contributed by atoms with E-state index in [1.54, 1.807) is 6.92 Å². The Balaban J connectivity index is 3.26. The molecule has 0 unspecified atom stereocenters. The second-order valence-corrected chi connectivity index (χ2v) is 4.01. The molecule has 114 valence electrons. The number of ether oxygens (including phenoxy) is 2. The van der Waals surface area contributed by atoms with E-state index in [-0.39, 0.29) is 30.1 Å². The van der Waals surface area contributed by atoms with E-state index in [2.05, 4.69) is 4.74 Å². The number of rotatable bonds is 6. The number of likely N-dealkylation sites (N-methyl/N-ethyl adjacent to an activating group) is 1. The van der Waals surface area contributed by atoms with Gasteiger partial charge in [-0.15, -0.1) is 0 Å². The first-order valence-electron chi connectivity index (χ1n) is 6.13. The summed E-state index contributed by atoms with van der Waals surface area (Å²) >= 11 is 0. The molecule has 0 spiro atoms. The molecular formula is C13H16N2O6. The third-order valence-corrected chi connectivity index (χ3v) is 2.85. The fourth-order valence-electron chi connectivity index (χ4n) is 1.76. The van der Waals surface area contributed by atoms with Crippen molar-refractivity contribution >= 4 is 17.6 Å². The molecule has 0 fully saturated rings. The van der Waals surface area contributed by atoms with Crippen molar-refractivity contribution in [1.82, 2.24) is 4.90 Å². The van der Waals surface area contributed by atoms with Crippen LogP contribution in [0.4, 0.5) is 5.69 Å². The van der Waals surface area contributed by atoms with Gasteiger partial charge in [0, 0.05) is 12.6 Å². The highest BCUT2D eigenvalue weighted by molar-refractivity contribution is 6.02. The molecule has 0 saturated carbocycles. The van der Waals surface area contributed by atoms with E-state index in [1.807, 2.05) is 0 Å². The number of nitro benzene ring substituents is 1. The molecule has 0 heterocycles. The molecular weight excluding hydrogens is 280 g/mol. The lowest BCUT2D eigenvalue weighted by Gasteiger charge is -2.20. The number of hydrogen-bond acceptors (Lipinski definition) is 6. The van der Waals surface area contributed by atoms with Crippen molar-refractivity contribution in [3.8, 4) is 5.75 Å². The SMILES string of the molecule is CCN(CC(=O)OC)C(=O)c1c(OC)cccc1[N+](=O)[O-]. The zero-order valence-corrected chi connectivity index (χ0v) is 12.0. The molecule has 0 N–H and O–H groups in total. The van der Waals surface area contributed by atoms with Crippen LogP contribution in [0.5, 0.6) is 5.75 Å². The Kier molecular flexibility index (Phi) is 5.65. The molecule has 0 saturated heterocycles. The van der Waals surface area contributed by atoms with Gasteiger partial charge in [0.05, 0.1) is 19.1 Å². The van der Waals surface area contributed by atoms with Crippen LogP contribution in [-0.4, -0.2) is 49.0 Å². The molecule has 1 aromatic rings. The van der Waals surface area contributed by atoms with E-state index in [4.69, 9.17) is 4.74 Å². The molecule has 8 heteroatoms. The minimum atomic E-state index is -0.665. The van der Waals surface area contributed by atoms with Gasteiger partial charge in [-0.05, 0) is 13.0 Å². The average Bonchev–Trinajstić information content (AvgIpc) is 2.50. The van der Waals surface area contributed by atoms with E-state index in [1.165, 1.54) is 32.4 Å². The van der Waals surface area contributed by atoms with Crippen LogP contribution in [-0.2, 0) is 9.53 Å². The molecule has 0 bridgehead atoms. The monoisotopic (exact) mass is 296 g/mol. The number of benzene rings is 1. The van der Waals surface area contributed by atoms with Gasteiger partial charge in [0.2, 0.25) is 0 Å². The maximum absolute atomic E-state index is 12.5. The van der Waals surface area contributed by atoms with Gasteiger partial charge >= 0.3 is 5.97 Å². The third-order valence-electron chi connectivity index (χ3n) is 2.85. The highest BCUT2D eigenvalue weighted by Crippen LogP contribution is 2.29. The van der Waals surface area contributed by atoms with Crippen LogP contribution in [0.2, 0.25) is 0 Å². The summed E-state index contributed by atoms with van der Waals surface area (Å²) in [6.45, 7) is 1.56. The zero-order chi connectivity index (χ0) is 16.0. The van der Waals surface area contributed by atoms with Gasteiger partial charge in [-0.25, -0.2) is 0 Å². The van der Waals surface area contributed by atoms with E-state index in [9.17, 15) is 19.7 Å². The van der Waals surface area contributed by atoms with Gasteiger partial charge in [-0.1, -0.05) is 6.07 Å². The Morgan fingerprint density at radius 3 is 2.48 bits per heavy atom. The number of amides is 1. The van der Waals surface area contributed by atoms with Gasteiger partial charge in [0.15, 0.2) is 5.56 Å². The number of methoxy groups -OCH3 is 2. The van der Waals surface area contributed by atoms with Gasteiger partial charge in [-0.3, -0.25) is 19.7 Å². The first kappa shape index (κ1) is 16.4. The first-order valence-corrected chi connectivity index (χ1v) is 6.13. The third kappa shape index (κ3) is 3.68. The van der Waals surface area contributed by atoms with E-state index in [0.29, 0.717) is 0 Å². The second kappa shape index (κ2) is 7.22. The maximum atomic E-state index is 12.5. The van der Waals surface area contributed by atoms with Crippen molar-refractivity contribution in [2.75, 3.05) is 27.3 Å². The Morgan fingerprint density at radius 2 is 2.00 bits per heavy atom. The molecule has 1 amide bonds. The Morgan fingerprint density at radius 1 is 1.33 bits per heavy atom. The molecule has 0 radical (unpaired) electrons. The van der Waals surface area contributed by atoms with Crippen molar-refractivity contribution < 1.29 is 24.0 Å². The lowest BCUT2D eigenvalue weighted by atomic mass is 10.1. The average molecular weight is 296 g/mol. The molecule has 0 atom stereocenters. The summed E-state index contributed by atoms with van der Waals surface area (Å²) in [4.78, 5) is 35.3. The van der Waals surface area contributed by atoms with Gasteiger partial charge in [0.25, 0.3) is 11.6 Å². The number of hydrogen-bond donors (Lipinski definition) is 0. The lowest BCUT2D eigenvalue weighted by molar-refractivity contribution is -0.385. The van der Waals surface area contributed by atoms with Crippen LogP contribution in [0.1, 0.15) is 17.3 Å². The topological polar surface area (TPSA) is 99.0 Å². The van der Waals surface area contributed by atoms with E-state index >= 15 is 0 Å². The standard InChI is InChI=1S/C13H16N2O6/c1-4-14(8-11(16)21-3)13(17)12-9(15(18)19)6-5-7-10(12)20-2/h5-7H,4,8H2,1-3H3. The van der Waals surface area contributed by atoms with Crippen molar-refractivity contribution in [2.45, 2.75) is 6.92 Å². The highest BCUT2D eigenvalue weighted by Gasteiger charge is 2.29. The van der Waals surface area contributed by atoms with Crippen molar-refractivity contribution in [2.24, 2.45) is 0 Å². The largest absolute Gasteiger partial charge is 0.496 e. The number of carbonyl (C=O) groups is 2. The minimum Gasteiger partial charge on any atom is -0.496 e. The predicted molar refractivity (Wildman–Crippen MR) is 73.2 cm³/mol. The Bertz CT molecular complexity index is 558. The molecule has 0 aliphatic heterocycles. The summed E-state index contributed by atoms with van der Waals surface area (Å²) in [5.41, 5.74) is -0.557. The second-order valence-electron chi connectivity index (χ2n) is 4.01. The predicted octanol–water partition coefficient (Wildman–Crippen LogP) is 1.24. The first-order chi connectivity index (χ1) is 9.96. The minimum absolute atomic E-state index is 0.0810. The summed E-state index contributed by atoms with van der Waals surface area (Å²) in [5.74, 6) is -1.19. The van der Waals surface area contributed by atoms with Crippen LogP contribution in [0.25, 0.3) is 0 Å². The Labute approximate surface area is 121 Å². The summed E-state index contributed by atoms with van der Waals surface area (Å²) in [7, 11) is 2.51. The van der Waals surface area contributed by atoms with Crippen molar-refractivity contribution in [3.05, 3.63) is 33.9 Å². The molecule has 21 heavy (non-hydrogen) atoms. The van der Waals surface area contributed by atoms with Crippen LogP contribution < -0.4 is 4.74 Å². The van der Waals surface area contributed by atoms with Crippen LogP contribution >= 0.6 is 0 Å². The lowest BCUT2D eigenvalue weighted by Crippen LogP contribution is -2.36. The highest BCUT2D eigenvalue weighted by atomic mass is 16.6. The maximum Gasteiger partial charge on any atom is 0.325 e. The van der Waals surface area contributed by atoms with E-state index < -0.39 is 16.8 Å². The molecule has 1 rings (SSSR count). The zero-order valence-electron chi connectivity index (χ0n) is 12.0. The molecule has 0 aliphatic rings. The number of carbonyl (C=O) groups excluding carboxylic acids is 2. The fraction of sp³-hybridized carbons (Fsp3) is 0.385. The van der Waals surface area contributed by atoms with Gasteiger partial charge in [-0.2, -0.15) is 0 Å². The Hall–Kier alpha value is -2.64. The van der Waals surface area contributed by atoms with Crippen LogP contribution in [0.3, 0.4) is 0 Å². The molecule has 0 aliphatic carbocycles. The summed E-state index contributed by atoms with van der Waals surface area (Å²) < 4.78 is 9.52. The normalized spacial score (nSPS) is 9.86. The number of nitro groups is 1. The molecule has 0 aromatic heterocycles. The van der Waals surface area contributed by atoms with Crippen LogP contribution in [0, 0.1) is 10.1 Å².